The van der Waals surface area contributed by atoms with E-state index in [4.69, 9.17) is 26.7 Å². The zero-order valence-electron chi connectivity index (χ0n) is 15.9. The van der Waals surface area contributed by atoms with Gasteiger partial charge in [0, 0.05) is 32.7 Å². The third kappa shape index (κ3) is 5.48. The third-order valence-corrected chi connectivity index (χ3v) is 4.63. The van der Waals surface area contributed by atoms with Gasteiger partial charge in [0.25, 0.3) is 0 Å². The van der Waals surface area contributed by atoms with Crippen molar-refractivity contribution in [2.45, 2.75) is 32.6 Å². The standard InChI is InChI=1S/C18H24ClFN6O2/c1-11-9-26(10-12(2)27-11)6-5-22-8-16-17(25-28-24-16)18(21)23-13-3-4-15(20)14(19)7-13/h3-4,7,11-12,22H,5-6,8-10H2,1-2H3,(H2,21,23)/t11-,12+. The Morgan fingerprint density at radius 1 is 1.36 bits per heavy atom. The van der Waals surface area contributed by atoms with Crippen LogP contribution in [0.5, 0.6) is 0 Å². The van der Waals surface area contributed by atoms with Gasteiger partial charge in [0.15, 0.2) is 11.5 Å². The monoisotopic (exact) mass is 410 g/mol. The van der Waals surface area contributed by atoms with Crippen molar-refractivity contribution >= 4 is 23.1 Å². The summed E-state index contributed by atoms with van der Waals surface area (Å²) >= 11 is 5.77. The first-order chi connectivity index (χ1) is 13.4. The fourth-order valence-electron chi connectivity index (χ4n) is 3.17. The maximum absolute atomic E-state index is 13.3. The van der Waals surface area contributed by atoms with Crippen LogP contribution < -0.4 is 11.1 Å². The Kier molecular flexibility index (Phi) is 6.95. The molecular formula is C18H24ClFN6O2. The van der Waals surface area contributed by atoms with Crippen molar-refractivity contribution in [1.82, 2.24) is 20.5 Å². The quantitative estimate of drug-likeness (QED) is 0.409. The van der Waals surface area contributed by atoms with Gasteiger partial charge < -0.3 is 15.8 Å². The number of amidine groups is 1. The molecule has 0 unspecified atom stereocenters. The molecule has 0 spiro atoms. The highest BCUT2D eigenvalue weighted by Gasteiger charge is 2.21. The van der Waals surface area contributed by atoms with Gasteiger partial charge in [-0.3, -0.25) is 4.90 Å². The van der Waals surface area contributed by atoms with Gasteiger partial charge in [-0.05, 0) is 37.2 Å². The van der Waals surface area contributed by atoms with Gasteiger partial charge in [0.1, 0.15) is 11.5 Å². The van der Waals surface area contributed by atoms with Crippen molar-refractivity contribution in [3.05, 3.63) is 40.4 Å². The molecule has 0 saturated carbocycles. The smallest absolute Gasteiger partial charge is 0.174 e. The molecule has 28 heavy (non-hydrogen) atoms. The van der Waals surface area contributed by atoms with Crippen LogP contribution in [0.15, 0.2) is 27.8 Å². The molecule has 1 aliphatic rings. The summed E-state index contributed by atoms with van der Waals surface area (Å²) in [5.74, 6) is -0.396. The van der Waals surface area contributed by atoms with E-state index in [9.17, 15) is 4.39 Å². The van der Waals surface area contributed by atoms with Crippen LogP contribution in [0.3, 0.4) is 0 Å². The number of morpholine rings is 1. The number of benzene rings is 1. The topological polar surface area (TPSA) is 102 Å². The largest absolute Gasteiger partial charge is 0.382 e. The number of aromatic nitrogens is 2. The summed E-state index contributed by atoms with van der Waals surface area (Å²) in [6, 6.07) is 4.09. The second kappa shape index (κ2) is 9.42. The van der Waals surface area contributed by atoms with Crippen LogP contribution in [0.1, 0.15) is 25.2 Å². The second-order valence-corrected chi connectivity index (χ2v) is 7.26. The number of aliphatic imine (C=N–C) groups is 1. The van der Waals surface area contributed by atoms with Crippen LogP contribution in [0, 0.1) is 5.82 Å². The zero-order chi connectivity index (χ0) is 20.1. The van der Waals surface area contributed by atoms with E-state index < -0.39 is 5.82 Å². The molecule has 1 aromatic carbocycles. The molecular weight excluding hydrogens is 387 g/mol. The average molecular weight is 411 g/mol. The van der Waals surface area contributed by atoms with Crippen LogP contribution in [0.25, 0.3) is 0 Å². The van der Waals surface area contributed by atoms with Gasteiger partial charge in [-0.1, -0.05) is 16.8 Å². The fraction of sp³-hybridized carbons (Fsp3) is 0.500. The second-order valence-electron chi connectivity index (χ2n) is 6.85. The molecule has 3 rings (SSSR count). The Bertz CT molecular complexity index is 820. The lowest BCUT2D eigenvalue weighted by Gasteiger charge is -2.35. The van der Waals surface area contributed by atoms with Gasteiger partial charge in [0.05, 0.1) is 22.9 Å². The Labute approximate surface area is 167 Å². The molecule has 1 fully saturated rings. The Morgan fingerprint density at radius 3 is 2.82 bits per heavy atom. The number of rotatable bonds is 7. The highest BCUT2D eigenvalue weighted by atomic mass is 35.5. The van der Waals surface area contributed by atoms with Crippen molar-refractivity contribution in [2.75, 3.05) is 26.2 Å². The highest BCUT2D eigenvalue weighted by molar-refractivity contribution is 6.31. The number of nitrogens with one attached hydrogen (secondary N) is 1. The number of ether oxygens (including phenoxy) is 1. The van der Waals surface area contributed by atoms with E-state index in [2.05, 4.69) is 39.4 Å². The Hall–Kier alpha value is -2.07. The summed E-state index contributed by atoms with van der Waals surface area (Å²) in [7, 11) is 0. The third-order valence-electron chi connectivity index (χ3n) is 4.34. The van der Waals surface area contributed by atoms with Crippen molar-refractivity contribution in [1.29, 1.82) is 0 Å². The first-order valence-electron chi connectivity index (χ1n) is 9.12. The molecule has 152 valence electrons. The summed E-state index contributed by atoms with van der Waals surface area (Å²) in [5.41, 5.74) is 7.33. The van der Waals surface area contributed by atoms with Gasteiger partial charge in [-0.2, -0.15) is 0 Å². The SMILES string of the molecule is C[C@@H]1CN(CCNCc2nonc2C(N)=Nc2ccc(F)c(Cl)c2)C[C@H](C)O1. The van der Waals surface area contributed by atoms with Crippen LogP contribution >= 0.6 is 11.6 Å². The number of nitrogens with two attached hydrogens (primary N) is 1. The summed E-state index contributed by atoms with van der Waals surface area (Å²) in [6.07, 6.45) is 0.483. The van der Waals surface area contributed by atoms with E-state index in [0.29, 0.717) is 23.6 Å². The van der Waals surface area contributed by atoms with E-state index >= 15 is 0 Å². The molecule has 2 heterocycles. The lowest BCUT2D eigenvalue weighted by atomic mass is 10.2. The van der Waals surface area contributed by atoms with Gasteiger partial charge in [0.2, 0.25) is 0 Å². The van der Waals surface area contributed by atoms with E-state index in [1.165, 1.54) is 18.2 Å². The van der Waals surface area contributed by atoms with Crippen molar-refractivity contribution in [2.24, 2.45) is 10.7 Å². The fourth-order valence-corrected chi connectivity index (χ4v) is 3.35. The molecule has 0 bridgehead atoms. The summed E-state index contributed by atoms with van der Waals surface area (Å²) in [6.45, 7) is 8.12. The van der Waals surface area contributed by atoms with Gasteiger partial charge >= 0.3 is 0 Å². The lowest BCUT2D eigenvalue weighted by molar-refractivity contribution is -0.0674. The normalized spacial score (nSPS) is 21.2. The minimum atomic E-state index is -0.517. The minimum Gasteiger partial charge on any atom is -0.382 e. The molecule has 0 radical (unpaired) electrons. The molecule has 10 heteroatoms. The molecule has 1 aromatic heterocycles. The predicted octanol–water partition coefficient (Wildman–Crippen LogP) is 2.10. The van der Waals surface area contributed by atoms with E-state index in [0.717, 1.165) is 26.2 Å². The highest BCUT2D eigenvalue weighted by Crippen LogP contribution is 2.22. The van der Waals surface area contributed by atoms with Crippen LogP contribution in [-0.4, -0.2) is 59.4 Å². The van der Waals surface area contributed by atoms with Gasteiger partial charge in [-0.15, -0.1) is 0 Å². The van der Waals surface area contributed by atoms with Gasteiger partial charge in [-0.25, -0.2) is 14.0 Å². The van der Waals surface area contributed by atoms with E-state index in [1.807, 2.05) is 0 Å². The molecule has 2 aromatic rings. The summed E-state index contributed by atoms with van der Waals surface area (Å²) < 4.78 is 23.8. The van der Waals surface area contributed by atoms with Crippen LogP contribution in [0.2, 0.25) is 5.02 Å². The van der Waals surface area contributed by atoms with Crippen LogP contribution in [0.4, 0.5) is 10.1 Å². The number of hydrogen-bond acceptors (Lipinski definition) is 7. The van der Waals surface area contributed by atoms with Crippen molar-refractivity contribution < 1.29 is 13.8 Å². The predicted molar refractivity (Wildman–Crippen MR) is 104 cm³/mol. The maximum Gasteiger partial charge on any atom is 0.174 e. The first kappa shape index (κ1) is 20.7. The number of hydrogen-bond donors (Lipinski definition) is 2. The number of nitrogens with zero attached hydrogens (tertiary/aromatic N) is 4. The summed E-state index contributed by atoms with van der Waals surface area (Å²) in [5, 5.41) is 11.0. The zero-order valence-corrected chi connectivity index (χ0v) is 16.6. The molecule has 2 atom stereocenters. The Morgan fingerprint density at radius 2 is 2.11 bits per heavy atom. The molecule has 3 N–H and O–H groups in total. The molecule has 0 amide bonds. The minimum absolute atomic E-state index is 0.0269. The molecule has 0 aliphatic carbocycles. The Balaban J connectivity index is 1.54. The molecule has 1 saturated heterocycles. The van der Waals surface area contributed by atoms with E-state index in [-0.39, 0.29) is 23.1 Å². The molecule has 1 aliphatic heterocycles. The number of halogens is 2. The lowest BCUT2D eigenvalue weighted by Crippen LogP contribution is -2.47. The molecule has 8 nitrogen and oxygen atoms in total. The summed E-state index contributed by atoms with van der Waals surface area (Å²) in [4.78, 5) is 6.58. The van der Waals surface area contributed by atoms with Crippen molar-refractivity contribution in [3.63, 3.8) is 0 Å². The first-order valence-corrected chi connectivity index (χ1v) is 9.49. The van der Waals surface area contributed by atoms with Crippen molar-refractivity contribution in [3.8, 4) is 0 Å². The van der Waals surface area contributed by atoms with Crippen LogP contribution in [-0.2, 0) is 11.3 Å². The maximum atomic E-state index is 13.3. The van der Waals surface area contributed by atoms with E-state index in [1.54, 1.807) is 0 Å². The average Bonchev–Trinajstić information content (AvgIpc) is 3.10.